The van der Waals surface area contributed by atoms with Gasteiger partial charge in [0.05, 0.1) is 17.3 Å². The molecule has 1 heterocycles. The van der Waals surface area contributed by atoms with Crippen LogP contribution in [0.15, 0.2) is 23.6 Å². The van der Waals surface area contributed by atoms with Crippen LogP contribution in [0.5, 0.6) is 0 Å². The van der Waals surface area contributed by atoms with Gasteiger partial charge in [-0.1, -0.05) is 23.2 Å². The molecule has 2 rings (SSSR count). The standard InChI is InChI=1S/C13H13Cl2NOS2/c1-2-17-6-5-16-12(8-19-13(16)18)10-4-3-9(14)7-11(10)15/h3-4,7-8H,2,5-6H2,1H3. The van der Waals surface area contributed by atoms with Crippen molar-refractivity contribution in [1.29, 1.82) is 0 Å². The van der Waals surface area contributed by atoms with Crippen molar-refractivity contribution in [3.63, 3.8) is 0 Å². The molecule has 1 aromatic carbocycles. The number of rotatable bonds is 5. The normalized spacial score (nSPS) is 10.9. The van der Waals surface area contributed by atoms with Crippen LogP contribution in [0, 0.1) is 3.95 Å². The first kappa shape index (κ1) is 15.0. The second kappa shape index (κ2) is 6.86. The van der Waals surface area contributed by atoms with Gasteiger partial charge in [0.2, 0.25) is 0 Å². The molecule has 0 aliphatic heterocycles. The fourth-order valence-electron chi connectivity index (χ4n) is 1.75. The van der Waals surface area contributed by atoms with Crippen LogP contribution in [-0.4, -0.2) is 17.8 Å². The van der Waals surface area contributed by atoms with Crippen molar-refractivity contribution in [2.24, 2.45) is 0 Å². The molecule has 0 aliphatic rings. The molecule has 1 aromatic heterocycles. The van der Waals surface area contributed by atoms with Gasteiger partial charge in [-0.2, -0.15) is 0 Å². The number of halogens is 2. The molecule has 2 aromatic rings. The Morgan fingerprint density at radius 1 is 1.37 bits per heavy atom. The second-order valence-electron chi connectivity index (χ2n) is 3.86. The Hall–Kier alpha value is -0.390. The summed E-state index contributed by atoms with van der Waals surface area (Å²) in [4.78, 5) is 0. The SMILES string of the molecule is CCOCCn1c(-c2ccc(Cl)cc2Cl)csc1=S. The van der Waals surface area contributed by atoms with Gasteiger partial charge < -0.3 is 9.30 Å². The Labute approximate surface area is 131 Å². The van der Waals surface area contributed by atoms with Crippen LogP contribution in [0.2, 0.25) is 10.0 Å². The maximum atomic E-state index is 6.25. The quantitative estimate of drug-likeness (QED) is 0.545. The smallest absolute Gasteiger partial charge is 0.161 e. The van der Waals surface area contributed by atoms with Gasteiger partial charge in [-0.15, -0.1) is 11.3 Å². The van der Waals surface area contributed by atoms with Crippen molar-refractivity contribution in [1.82, 2.24) is 4.57 Å². The first-order valence-corrected chi connectivity index (χ1v) is 7.89. The van der Waals surface area contributed by atoms with Gasteiger partial charge in [-0.05, 0) is 37.3 Å². The number of aromatic nitrogens is 1. The van der Waals surface area contributed by atoms with E-state index in [0.29, 0.717) is 23.3 Å². The molecule has 6 heteroatoms. The van der Waals surface area contributed by atoms with Gasteiger partial charge in [0.25, 0.3) is 0 Å². The van der Waals surface area contributed by atoms with Crippen molar-refractivity contribution in [3.05, 3.63) is 37.6 Å². The van der Waals surface area contributed by atoms with Gasteiger partial charge in [-0.25, -0.2) is 0 Å². The number of ether oxygens (including phenoxy) is 1. The third-order valence-corrected chi connectivity index (χ3v) is 4.47. The minimum atomic E-state index is 0.628. The highest BCUT2D eigenvalue weighted by atomic mass is 35.5. The van der Waals surface area contributed by atoms with Crippen molar-refractivity contribution in [2.45, 2.75) is 13.5 Å². The number of hydrogen-bond donors (Lipinski definition) is 0. The molecule has 0 amide bonds. The lowest BCUT2D eigenvalue weighted by Gasteiger charge is -2.10. The van der Waals surface area contributed by atoms with Gasteiger partial charge in [0.15, 0.2) is 3.95 Å². The summed E-state index contributed by atoms with van der Waals surface area (Å²) in [6, 6.07) is 5.49. The van der Waals surface area contributed by atoms with Crippen LogP contribution in [0.1, 0.15) is 6.92 Å². The molecule has 0 N–H and O–H groups in total. The lowest BCUT2D eigenvalue weighted by molar-refractivity contribution is 0.139. The van der Waals surface area contributed by atoms with Crippen LogP contribution in [0.25, 0.3) is 11.3 Å². The van der Waals surface area contributed by atoms with Crippen LogP contribution >= 0.6 is 46.8 Å². The molecule has 2 nitrogen and oxygen atoms in total. The van der Waals surface area contributed by atoms with E-state index >= 15 is 0 Å². The fraction of sp³-hybridized carbons (Fsp3) is 0.308. The monoisotopic (exact) mass is 333 g/mol. The van der Waals surface area contributed by atoms with E-state index in [1.54, 1.807) is 6.07 Å². The van der Waals surface area contributed by atoms with E-state index in [9.17, 15) is 0 Å². The molecule has 0 saturated carbocycles. The summed E-state index contributed by atoms with van der Waals surface area (Å²) in [5.74, 6) is 0. The molecule has 0 aliphatic carbocycles. The van der Waals surface area contributed by atoms with E-state index in [0.717, 1.165) is 21.8 Å². The van der Waals surface area contributed by atoms with Crippen molar-refractivity contribution >= 4 is 46.8 Å². The zero-order valence-corrected chi connectivity index (χ0v) is 13.5. The molecule has 0 unspecified atom stereocenters. The Kier molecular flexibility index (Phi) is 5.42. The molecule has 0 spiro atoms. The van der Waals surface area contributed by atoms with Crippen molar-refractivity contribution < 1.29 is 4.74 Å². The minimum Gasteiger partial charge on any atom is -0.380 e. The lowest BCUT2D eigenvalue weighted by Crippen LogP contribution is -2.07. The third-order valence-electron chi connectivity index (χ3n) is 2.65. The van der Waals surface area contributed by atoms with Crippen LogP contribution in [0.3, 0.4) is 0 Å². The van der Waals surface area contributed by atoms with Gasteiger partial charge in [0, 0.05) is 29.1 Å². The first-order chi connectivity index (χ1) is 9.13. The van der Waals surface area contributed by atoms with E-state index in [4.69, 9.17) is 40.2 Å². The number of benzene rings is 1. The lowest BCUT2D eigenvalue weighted by atomic mass is 10.2. The van der Waals surface area contributed by atoms with Gasteiger partial charge in [0.1, 0.15) is 0 Å². The average Bonchev–Trinajstić information content (AvgIpc) is 2.72. The molecule has 0 radical (unpaired) electrons. The molecular formula is C13H13Cl2NOS2. The number of thiazole rings is 1. The average molecular weight is 334 g/mol. The number of hydrogen-bond acceptors (Lipinski definition) is 3. The molecule has 102 valence electrons. The summed E-state index contributed by atoms with van der Waals surface area (Å²) >= 11 is 19.0. The van der Waals surface area contributed by atoms with Crippen LogP contribution in [0.4, 0.5) is 0 Å². The highest BCUT2D eigenvalue weighted by molar-refractivity contribution is 7.73. The number of nitrogens with zero attached hydrogens (tertiary/aromatic N) is 1. The maximum Gasteiger partial charge on any atom is 0.161 e. The van der Waals surface area contributed by atoms with Crippen molar-refractivity contribution in [2.75, 3.05) is 13.2 Å². The topological polar surface area (TPSA) is 14.2 Å². The summed E-state index contributed by atoms with van der Waals surface area (Å²) in [5, 5.41) is 3.28. The summed E-state index contributed by atoms with van der Waals surface area (Å²) in [5.41, 5.74) is 1.95. The predicted molar refractivity (Wildman–Crippen MR) is 85.1 cm³/mol. The van der Waals surface area contributed by atoms with Crippen LogP contribution in [-0.2, 0) is 11.3 Å². The zero-order chi connectivity index (χ0) is 13.8. The summed E-state index contributed by atoms with van der Waals surface area (Å²) < 4.78 is 8.25. The van der Waals surface area contributed by atoms with Gasteiger partial charge >= 0.3 is 0 Å². The van der Waals surface area contributed by atoms with E-state index < -0.39 is 0 Å². The predicted octanol–water partition coefficient (Wildman–Crippen LogP) is 5.29. The highest BCUT2D eigenvalue weighted by Crippen LogP contribution is 2.32. The Balaban J connectivity index is 2.36. The summed E-state index contributed by atoms with van der Waals surface area (Å²) in [7, 11) is 0. The highest BCUT2D eigenvalue weighted by Gasteiger charge is 2.10. The van der Waals surface area contributed by atoms with E-state index in [1.165, 1.54) is 11.3 Å². The molecular weight excluding hydrogens is 321 g/mol. The van der Waals surface area contributed by atoms with E-state index in [1.807, 2.05) is 29.0 Å². The zero-order valence-electron chi connectivity index (χ0n) is 10.4. The fourth-order valence-corrected chi connectivity index (χ4v) is 3.37. The Morgan fingerprint density at radius 2 is 2.16 bits per heavy atom. The van der Waals surface area contributed by atoms with E-state index in [-0.39, 0.29) is 0 Å². The molecule has 0 atom stereocenters. The molecule has 19 heavy (non-hydrogen) atoms. The minimum absolute atomic E-state index is 0.628. The molecule has 0 bridgehead atoms. The Morgan fingerprint density at radius 3 is 2.84 bits per heavy atom. The summed E-state index contributed by atoms with van der Waals surface area (Å²) in [6.45, 7) is 4.04. The Bertz CT molecular complexity index is 621. The maximum absolute atomic E-state index is 6.25. The largest absolute Gasteiger partial charge is 0.380 e. The third kappa shape index (κ3) is 3.58. The van der Waals surface area contributed by atoms with Gasteiger partial charge in [-0.3, -0.25) is 0 Å². The van der Waals surface area contributed by atoms with E-state index in [2.05, 4.69) is 0 Å². The van der Waals surface area contributed by atoms with Crippen LogP contribution < -0.4 is 0 Å². The first-order valence-electron chi connectivity index (χ1n) is 5.85. The summed E-state index contributed by atoms with van der Waals surface area (Å²) in [6.07, 6.45) is 0. The van der Waals surface area contributed by atoms with Crippen molar-refractivity contribution in [3.8, 4) is 11.3 Å². The molecule has 0 saturated heterocycles. The second-order valence-corrected chi connectivity index (χ2v) is 6.21. The molecule has 0 fully saturated rings.